The molecule has 1 fully saturated rings. The molecule has 5 heteroatoms. The number of primary amides is 1. The van der Waals surface area contributed by atoms with Gasteiger partial charge in [-0.05, 0) is 31.0 Å². The van der Waals surface area contributed by atoms with E-state index in [2.05, 4.69) is 58.9 Å². The number of piperidine rings is 1. The van der Waals surface area contributed by atoms with Gasteiger partial charge in [0.1, 0.15) is 5.66 Å². The third-order valence-corrected chi connectivity index (χ3v) is 5.07. The molecule has 3 rings (SSSR count). The van der Waals surface area contributed by atoms with E-state index < -0.39 is 11.7 Å². The third kappa shape index (κ3) is 4.99. The Bertz CT molecular complexity index is 707. The molecule has 0 spiro atoms. The van der Waals surface area contributed by atoms with Crippen molar-refractivity contribution >= 4 is 11.7 Å². The monoisotopic (exact) mass is 352 g/mol. The first-order valence-corrected chi connectivity index (χ1v) is 9.23. The Balaban J connectivity index is 1.59. The molecule has 1 saturated heterocycles. The summed E-state index contributed by atoms with van der Waals surface area (Å²) in [6.45, 7) is 4.94. The number of anilines is 1. The number of urea groups is 1. The van der Waals surface area contributed by atoms with Gasteiger partial charge in [0.2, 0.25) is 0 Å². The molecule has 1 heterocycles. The van der Waals surface area contributed by atoms with Crippen LogP contribution >= 0.6 is 0 Å². The first-order chi connectivity index (χ1) is 12.5. The van der Waals surface area contributed by atoms with Gasteiger partial charge in [0.25, 0.3) is 0 Å². The first kappa shape index (κ1) is 18.3. The van der Waals surface area contributed by atoms with Gasteiger partial charge in [-0.25, -0.2) is 4.79 Å². The molecule has 1 aliphatic rings. The molecule has 1 aliphatic heterocycles. The standard InChI is InChI=1S/C21H28N4O/c1-17-7-9-19(10-8-17)23-21(24-20(22)26)12-15-25(16-13-21)14-11-18-5-3-2-4-6-18/h2-10,23H,11-16H2,1H3,(H3,22,24,26). The van der Waals surface area contributed by atoms with E-state index in [1.165, 1.54) is 11.1 Å². The predicted octanol–water partition coefficient (Wildman–Crippen LogP) is 3.11. The van der Waals surface area contributed by atoms with Crippen molar-refractivity contribution in [1.82, 2.24) is 10.2 Å². The van der Waals surface area contributed by atoms with E-state index >= 15 is 0 Å². The number of likely N-dealkylation sites (tertiary alicyclic amines) is 1. The molecular formula is C21H28N4O. The van der Waals surface area contributed by atoms with Gasteiger partial charge < -0.3 is 21.3 Å². The normalized spacial score (nSPS) is 16.8. The van der Waals surface area contributed by atoms with Gasteiger partial charge in [0.15, 0.2) is 0 Å². The van der Waals surface area contributed by atoms with Crippen LogP contribution in [0.15, 0.2) is 54.6 Å². The molecule has 0 aromatic heterocycles. The van der Waals surface area contributed by atoms with Crippen LogP contribution in [0.4, 0.5) is 10.5 Å². The van der Waals surface area contributed by atoms with Crippen molar-refractivity contribution in [2.45, 2.75) is 31.8 Å². The topological polar surface area (TPSA) is 70.4 Å². The fraction of sp³-hybridized carbons (Fsp3) is 0.381. The van der Waals surface area contributed by atoms with Crippen LogP contribution in [-0.2, 0) is 6.42 Å². The van der Waals surface area contributed by atoms with Crippen LogP contribution in [-0.4, -0.2) is 36.2 Å². The molecule has 2 aromatic rings. The minimum Gasteiger partial charge on any atom is -0.363 e. The highest BCUT2D eigenvalue weighted by molar-refractivity contribution is 5.73. The number of nitrogens with zero attached hydrogens (tertiary/aromatic N) is 1. The number of hydrogen-bond acceptors (Lipinski definition) is 3. The number of aryl methyl sites for hydroxylation is 1. The minimum atomic E-state index is -0.484. The Morgan fingerprint density at radius 1 is 1.08 bits per heavy atom. The van der Waals surface area contributed by atoms with Crippen LogP contribution in [0.3, 0.4) is 0 Å². The van der Waals surface area contributed by atoms with Gasteiger partial charge in [-0.3, -0.25) is 0 Å². The fourth-order valence-electron chi connectivity index (χ4n) is 3.52. The van der Waals surface area contributed by atoms with Crippen molar-refractivity contribution in [3.63, 3.8) is 0 Å². The van der Waals surface area contributed by atoms with Crippen molar-refractivity contribution in [3.05, 3.63) is 65.7 Å². The van der Waals surface area contributed by atoms with E-state index in [0.29, 0.717) is 0 Å². The summed E-state index contributed by atoms with van der Waals surface area (Å²) in [5.74, 6) is 0. The zero-order valence-electron chi connectivity index (χ0n) is 15.4. The number of hydrogen-bond donors (Lipinski definition) is 3. The fourth-order valence-corrected chi connectivity index (χ4v) is 3.52. The Kier molecular flexibility index (Phi) is 5.78. The number of carbonyl (C=O) groups is 1. The number of amides is 2. The molecule has 138 valence electrons. The number of nitrogens with two attached hydrogens (primary N) is 1. The smallest absolute Gasteiger partial charge is 0.313 e. The summed E-state index contributed by atoms with van der Waals surface area (Å²) in [6, 6.07) is 18.3. The Labute approximate surface area is 155 Å². The molecule has 0 atom stereocenters. The van der Waals surface area contributed by atoms with Gasteiger partial charge in [0.05, 0.1) is 0 Å². The summed E-state index contributed by atoms with van der Waals surface area (Å²) >= 11 is 0. The number of benzene rings is 2. The number of carbonyl (C=O) groups excluding carboxylic acids is 1. The average molecular weight is 352 g/mol. The molecule has 0 bridgehead atoms. The Morgan fingerprint density at radius 3 is 2.35 bits per heavy atom. The van der Waals surface area contributed by atoms with Crippen LogP contribution in [0.25, 0.3) is 0 Å². The maximum Gasteiger partial charge on any atom is 0.313 e. The lowest BCUT2D eigenvalue weighted by atomic mass is 9.95. The molecule has 0 radical (unpaired) electrons. The zero-order chi connectivity index (χ0) is 18.4. The lowest BCUT2D eigenvalue weighted by Crippen LogP contribution is -2.61. The Morgan fingerprint density at radius 2 is 1.73 bits per heavy atom. The van der Waals surface area contributed by atoms with E-state index in [1.54, 1.807) is 0 Å². The van der Waals surface area contributed by atoms with Gasteiger partial charge in [-0.1, -0.05) is 48.0 Å². The van der Waals surface area contributed by atoms with E-state index in [-0.39, 0.29) is 0 Å². The maximum absolute atomic E-state index is 11.6. The van der Waals surface area contributed by atoms with Crippen molar-refractivity contribution < 1.29 is 4.79 Å². The van der Waals surface area contributed by atoms with Gasteiger partial charge in [-0.15, -0.1) is 0 Å². The summed E-state index contributed by atoms with van der Waals surface area (Å²) in [6.07, 6.45) is 2.68. The molecule has 2 amide bonds. The second-order valence-corrected chi connectivity index (χ2v) is 7.14. The molecular weight excluding hydrogens is 324 g/mol. The molecule has 0 unspecified atom stereocenters. The molecule has 4 N–H and O–H groups in total. The van der Waals surface area contributed by atoms with Crippen LogP contribution < -0.4 is 16.4 Å². The highest BCUT2D eigenvalue weighted by Gasteiger charge is 2.35. The van der Waals surface area contributed by atoms with Crippen molar-refractivity contribution in [2.24, 2.45) is 5.73 Å². The summed E-state index contributed by atoms with van der Waals surface area (Å²) < 4.78 is 0. The first-order valence-electron chi connectivity index (χ1n) is 9.23. The third-order valence-electron chi connectivity index (χ3n) is 5.07. The van der Waals surface area contributed by atoms with Crippen molar-refractivity contribution in [1.29, 1.82) is 0 Å². The summed E-state index contributed by atoms with van der Waals surface area (Å²) in [5.41, 5.74) is 8.54. The van der Waals surface area contributed by atoms with Crippen molar-refractivity contribution in [3.8, 4) is 0 Å². The number of rotatable bonds is 6. The summed E-state index contributed by atoms with van der Waals surface area (Å²) in [7, 11) is 0. The lowest BCUT2D eigenvalue weighted by Gasteiger charge is -2.43. The quantitative estimate of drug-likeness (QED) is 0.700. The van der Waals surface area contributed by atoms with E-state index in [1.807, 2.05) is 18.2 Å². The Hall–Kier alpha value is -2.53. The van der Waals surface area contributed by atoms with Crippen LogP contribution in [0, 0.1) is 6.92 Å². The molecule has 5 nitrogen and oxygen atoms in total. The molecule has 26 heavy (non-hydrogen) atoms. The average Bonchev–Trinajstić information content (AvgIpc) is 2.64. The molecule has 0 saturated carbocycles. The van der Waals surface area contributed by atoms with Crippen LogP contribution in [0.1, 0.15) is 24.0 Å². The van der Waals surface area contributed by atoms with Gasteiger partial charge in [-0.2, -0.15) is 0 Å². The second kappa shape index (κ2) is 8.23. The lowest BCUT2D eigenvalue weighted by molar-refractivity contribution is 0.155. The SMILES string of the molecule is Cc1ccc(NC2(NC(N)=O)CCN(CCc3ccccc3)CC2)cc1. The zero-order valence-corrected chi connectivity index (χ0v) is 15.4. The van der Waals surface area contributed by atoms with Crippen LogP contribution in [0.5, 0.6) is 0 Å². The predicted molar refractivity (Wildman–Crippen MR) is 106 cm³/mol. The highest BCUT2D eigenvalue weighted by atomic mass is 16.2. The maximum atomic E-state index is 11.6. The summed E-state index contributed by atoms with van der Waals surface area (Å²) in [4.78, 5) is 14.0. The van der Waals surface area contributed by atoms with Gasteiger partial charge >= 0.3 is 6.03 Å². The molecule has 0 aliphatic carbocycles. The van der Waals surface area contributed by atoms with Gasteiger partial charge in [0, 0.05) is 38.2 Å². The summed E-state index contributed by atoms with van der Waals surface area (Å²) in [5, 5.41) is 6.46. The van der Waals surface area contributed by atoms with E-state index in [0.717, 1.165) is 44.6 Å². The highest BCUT2D eigenvalue weighted by Crippen LogP contribution is 2.25. The van der Waals surface area contributed by atoms with Crippen LogP contribution in [0.2, 0.25) is 0 Å². The van der Waals surface area contributed by atoms with E-state index in [9.17, 15) is 4.79 Å². The minimum absolute atomic E-state index is 0.482. The van der Waals surface area contributed by atoms with E-state index in [4.69, 9.17) is 5.73 Å². The second-order valence-electron chi connectivity index (χ2n) is 7.14. The van der Waals surface area contributed by atoms with Crippen molar-refractivity contribution in [2.75, 3.05) is 25.0 Å². The molecule has 2 aromatic carbocycles. The largest absolute Gasteiger partial charge is 0.363 e. The number of nitrogens with one attached hydrogen (secondary N) is 2.